The quantitative estimate of drug-likeness (QED) is 0.141. The summed E-state index contributed by atoms with van der Waals surface area (Å²) in [7, 11) is 4.78. The Balaban J connectivity index is 1.36. The molecule has 0 spiro atoms. The third kappa shape index (κ3) is 5.62. The third-order valence-electron chi connectivity index (χ3n) is 6.16. The molecule has 0 saturated carbocycles. The van der Waals surface area contributed by atoms with Crippen molar-refractivity contribution in [1.29, 1.82) is 0 Å². The number of nitrogens with one attached hydrogen (secondary N) is 1. The molecular weight excluding hydrogens is 526 g/mol. The van der Waals surface area contributed by atoms with Gasteiger partial charge in [0.15, 0.2) is 22.5 Å². The maximum absolute atomic E-state index is 12.7. The number of para-hydroxylation sites is 1. The van der Waals surface area contributed by atoms with Crippen LogP contribution in [0.5, 0.6) is 17.2 Å². The van der Waals surface area contributed by atoms with Gasteiger partial charge in [0.25, 0.3) is 5.91 Å². The van der Waals surface area contributed by atoms with Gasteiger partial charge < -0.3 is 14.2 Å². The second-order valence-electron chi connectivity index (χ2n) is 8.53. The topological polar surface area (TPSA) is 99.9 Å². The lowest BCUT2D eigenvalue weighted by Crippen LogP contribution is -2.20. The molecule has 5 aromatic rings. The van der Waals surface area contributed by atoms with Gasteiger partial charge in [-0.3, -0.25) is 9.36 Å². The van der Waals surface area contributed by atoms with E-state index in [2.05, 4.69) is 20.7 Å². The molecule has 0 unspecified atom stereocenters. The molecular formula is C30H27N5O4S. The van der Waals surface area contributed by atoms with E-state index in [1.807, 2.05) is 89.5 Å². The SMILES string of the molecule is COc1ccc(-c2nnc(SCC(=O)NN=Cc3c(OC)ccc4ccccc34)n2-c2ccccc2)cc1OC. The first-order valence-corrected chi connectivity index (χ1v) is 13.3. The van der Waals surface area contributed by atoms with Gasteiger partial charge in [0.2, 0.25) is 0 Å². The van der Waals surface area contributed by atoms with Crippen LogP contribution in [-0.4, -0.2) is 54.0 Å². The van der Waals surface area contributed by atoms with Gasteiger partial charge in [-0.25, -0.2) is 5.43 Å². The molecule has 202 valence electrons. The van der Waals surface area contributed by atoms with Gasteiger partial charge in [0.05, 0.1) is 33.3 Å². The number of carbonyl (C=O) groups is 1. The summed E-state index contributed by atoms with van der Waals surface area (Å²) in [6, 6.07) is 27.1. The number of methoxy groups -OCH3 is 3. The lowest BCUT2D eigenvalue weighted by molar-refractivity contribution is -0.118. The van der Waals surface area contributed by atoms with Crippen LogP contribution in [0.4, 0.5) is 0 Å². The summed E-state index contributed by atoms with van der Waals surface area (Å²) in [6.45, 7) is 0. The van der Waals surface area contributed by atoms with Crippen LogP contribution in [0.25, 0.3) is 27.8 Å². The number of rotatable bonds is 10. The maximum atomic E-state index is 12.7. The van der Waals surface area contributed by atoms with Gasteiger partial charge in [-0.1, -0.05) is 60.3 Å². The zero-order chi connectivity index (χ0) is 27.9. The van der Waals surface area contributed by atoms with E-state index in [4.69, 9.17) is 14.2 Å². The second-order valence-corrected chi connectivity index (χ2v) is 9.47. The lowest BCUT2D eigenvalue weighted by atomic mass is 10.0. The van der Waals surface area contributed by atoms with Crippen LogP contribution in [0.1, 0.15) is 5.56 Å². The molecule has 0 aliphatic rings. The monoisotopic (exact) mass is 553 g/mol. The summed E-state index contributed by atoms with van der Waals surface area (Å²) in [6.07, 6.45) is 1.60. The van der Waals surface area contributed by atoms with Crippen LogP contribution in [0, 0.1) is 0 Å². The zero-order valence-electron chi connectivity index (χ0n) is 22.2. The van der Waals surface area contributed by atoms with Crippen LogP contribution >= 0.6 is 11.8 Å². The summed E-state index contributed by atoms with van der Waals surface area (Å²) < 4.78 is 18.3. The van der Waals surface area contributed by atoms with Crippen LogP contribution < -0.4 is 19.6 Å². The Morgan fingerprint density at radius 1 is 0.875 bits per heavy atom. The first kappa shape index (κ1) is 26.8. The van der Waals surface area contributed by atoms with Crippen LogP contribution in [0.15, 0.2) is 95.2 Å². The molecule has 1 N–H and O–H groups in total. The van der Waals surface area contributed by atoms with Gasteiger partial charge in [0, 0.05) is 16.8 Å². The highest BCUT2D eigenvalue weighted by Crippen LogP contribution is 2.34. The van der Waals surface area contributed by atoms with E-state index >= 15 is 0 Å². The fraction of sp³-hybridized carbons (Fsp3) is 0.133. The summed E-state index contributed by atoms with van der Waals surface area (Å²) in [5, 5.41) is 15.6. The van der Waals surface area contributed by atoms with Crippen molar-refractivity contribution >= 4 is 34.7 Å². The average molecular weight is 554 g/mol. The average Bonchev–Trinajstić information content (AvgIpc) is 3.44. The summed E-state index contributed by atoms with van der Waals surface area (Å²) >= 11 is 1.26. The fourth-order valence-electron chi connectivity index (χ4n) is 4.25. The van der Waals surface area contributed by atoms with E-state index in [0.29, 0.717) is 28.2 Å². The standard InChI is InChI=1S/C30H27N5O4S/c1-37-25-15-13-20-9-7-8-12-23(20)24(25)18-31-32-28(36)19-40-30-34-33-29(35(30)22-10-5-4-6-11-22)21-14-16-26(38-2)27(17-21)39-3/h4-18H,19H2,1-3H3,(H,32,36). The zero-order valence-corrected chi connectivity index (χ0v) is 23.0. The Bertz CT molecular complexity index is 1670. The van der Waals surface area contributed by atoms with E-state index in [0.717, 1.165) is 27.6 Å². The van der Waals surface area contributed by atoms with Gasteiger partial charge >= 0.3 is 0 Å². The molecule has 0 saturated heterocycles. The Kier molecular flexibility index (Phi) is 8.26. The molecule has 40 heavy (non-hydrogen) atoms. The van der Waals surface area contributed by atoms with E-state index < -0.39 is 0 Å². The fourth-order valence-corrected chi connectivity index (χ4v) is 5.00. The molecule has 0 aliphatic heterocycles. The number of amides is 1. The first-order chi connectivity index (χ1) is 19.6. The Hall–Kier alpha value is -4.83. The van der Waals surface area contributed by atoms with Crippen LogP contribution in [-0.2, 0) is 4.79 Å². The van der Waals surface area contributed by atoms with Crippen LogP contribution in [0.3, 0.4) is 0 Å². The Morgan fingerprint density at radius 2 is 1.60 bits per heavy atom. The normalized spacial score (nSPS) is 11.1. The van der Waals surface area contributed by atoms with E-state index in [-0.39, 0.29) is 11.7 Å². The van der Waals surface area contributed by atoms with Crippen molar-refractivity contribution in [1.82, 2.24) is 20.2 Å². The van der Waals surface area contributed by atoms with Crippen molar-refractivity contribution in [2.24, 2.45) is 5.10 Å². The Labute approximate surface area is 235 Å². The molecule has 0 aliphatic carbocycles. The molecule has 1 aromatic heterocycles. The molecule has 4 aromatic carbocycles. The van der Waals surface area contributed by atoms with Gasteiger partial charge in [-0.15, -0.1) is 10.2 Å². The first-order valence-electron chi connectivity index (χ1n) is 12.4. The van der Waals surface area contributed by atoms with Crippen molar-refractivity contribution in [2.75, 3.05) is 27.1 Å². The largest absolute Gasteiger partial charge is 0.496 e. The number of hydrogen-bond donors (Lipinski definition) is 1. The predicted molar refractivity (Wildman–Crippen MR) is 157 cm³/mol. The number of benzene rings is 4. The smallest absolute Gasteiger partial charge is 0.250 e. The maximum Gasteiger partial charge on any atom is 0.250 e. The highest BCUT2D eigenvalue weighted by atomic mass is 32.2. The molecule has 1 amide bonds. The second kappa shape index (κ2) is 12.4. The van der Waals surface area contributed by atoms with Crippen molar-refractivity contribution in [3.8, 4) is 34.3 Å². The van der Waals surface area contributed by atoms with Gasteiger partial charge in [0.1, 0.15) is 5.75 Å². The number of hydrogen-bond acceptors (Lipinski definition) is 8. The number of aromatic nitrogens is 3. The molecule has 9 nitrogen and oxygen atoms in total. The van der Waals surface area contributed by atoms with Crippen molar-refractivity contribution in [3.63, 3.8) is 0 Å². The number of carbonyl (C=O) groups excluding carboxylic acids is 1. The van der Waals surface area contributed by atoms with Gasteiger partial charge in [-0.05, 0) is 47.2 Å². The van der Waals surface area contributed by atoms with Crippen LogP contribution in [0.2, 0.25) is 0 Å². The Morgan fingerprint density at radius 3 is 2.38 bits per heavy atom. The number of fused-ring (bicyclic) bond motifs is 1. The molecule has 0 radical (unpaired) electrons. The number of nitrogens with zero attached hydrogens (tertiary/aromatic N) is 4. The van der Waals surface area contributed by atoms with E-state index in [1.54, 1.807) is 27.5 Å². The molecule has 1 heterocycles. The van der Waals surface area contributed by atoms with E-state index in [1.165, 1.54) is 11.8 Å². The summed E-state index contributed by atoms with van der Waals surface area (Å²) in [5.74, 6) is 2.28. The number of thioether (sulfide) groups is 1. The van der Waals surface area contributed by atoms with Crippen molar-refractivity contribution in [3.05, 3.63) is 90.5 Å². The third-order valence-corrected chi connectivity index (χ3v) is 7.08. The molecule has 0 bridgehead atoms. The minimum atomic E-state index is -0.282. The predicted octanol–water partition coefficient (Wildman–Crippen LogP) is 5.36. The minimum Gasteiger partial charge on any atom is -0.496 e. The number of ether oxygens (including phenoxy) is 3. The van der Waals surface area contributed by atoms with Crippen molar-refractivity contribution in [2.45, 2.75) is 5.16 Å². The van der Waals surface area contributed by atoms with E-state index in [9.17, 15) is 4.79 Å². The summed E-state index contributed by atoms with van der Waals surface area (Å²) in [5.41, 5.74) is 5.05. The molecule has 10 heteroatoms. The number of hydrazone groups is 1. The molecule has 5 rings (SSSR count). The van der Waals surface area contributed by atoms with Crippen molar-refractivity contribution < 1.29 is 19.0 Å². The summed E-state index contributed by atoms with van der Waals surface area (Å²) in [4.78, 5) is 12.7. The highest BCUT2D eigenvalue weighted by Gasteiger charge is 2.19. The molecule has 0 fully saturated rings. The molecule has 0 atom stereocenters. The minimum absolute atomic E-state index is 0.0842. The highest BCUT2D eigenvalue weighted by molar-refractivity contribution is 7.99. The van der Waals surface area contributed by atoms with Gasteiger partial charge in [-0.2, -0.15) is 5.10 Å². The lowest BCUT2D eigenvalue weighted by Gasteiger charge is -2.12.